The fourth-order valence-electron chi connectivity index (χ4n) is 2.42. The van der Waals surface area contributed by atoms with E-state index in [4.69, 9.17) is 4.74 Å². The van der Waals surface area contributed by atoms with E-state index >= 15 is 0 Å². The van der Waals surface area contributed by atoms with Crippen molar-refractivity contribution in [3.8, 4) is 0 Å². The maximum atomic E-state index is 11.8. The van der Waals surface area contributed by atoms with Gasteiger partial charge < -0.3 is 13.9 Å². The van der Waals surface area contributed by atoms with Crippen molar-refractivity contribution >= 4 is 5.97 Å². The first-order valence-corrected chi connectivity index (χ1v) is 6.51. The zero-order valence-electron chi connectivity index (χ0n) is 11.7. The zero-order valence-corrected chi connectivity index (χ0v) is 11.7. The molecule has 4 nitrogen and oxygen atoms in total. The van der Waals surface area contributed by atoms with Crippen molar-refractivity contribution in [2.24, 2.45) is 14.1 Å². The molecule has 0 saturated carbocycles. The summed E-state index contributed by atoms with van der Waals surface area (Å²) in [5.41, 5.74) is 2.24. The van der Waals surface area contributed by atoms with Gasteiger partial charge in [-0.3, -0.25) is 4.79 Å². The Hall–Kier alpha value is -1.97. The second-order valence-corrected chi connectivity index (χ2v) is 4.65. The molecule has 0 aliphatic carbocycles. The number of hydrogen-bond acceptors (Lipinski definition) is 2. The first-order valence-electron chi connectivity index (χ1n) is 6.51. The lowest BCUT2D eigenvalue weighted by Crippen LogP contribution is -2.16. The van der Waals surface area contributed by atoms with Gasteiger partial charge in [-0.05, 0) is 31.2 Å². The molecule has 0 bridgehead atoms. The molecule has 0 saturated heterocycles. The van der Waals surface area contributed by atoms with Gasteiger partial charge in [0.05, 0.1) is 13.0 Å². The SMILES string of the molecule is CCOC(=O)CC(c1cccn1C)c1cccn1C. The summed E-state index contributed by atoms with van der Waals surface area (Å²) >= 11 is 0. The van der Waals surface area contributed by atoms with Crippen molar-refractivity contribution in [2.45, 2.75) is 19.3 Å². The van der Waals surface area contributed by atoms with Crippen LogP contribution in [0, 0.1) is 0 Å². The van der Waals surface area contributed by atoms with Gasteiger partial charge in [-0.15, -0.1) is 0 Å². The van der Waals surface area contributed by atoms with Crippen LogP contribution in [-0.2, 0) is 23.6 Å². The Balaban J connectivity index is 2.32. The molecule has 0 radical (unpaired) electrons. The van der Waals surface area contributed by atoms with E-state index in [1.807, 2.05) is 45.5 Å². The average Bonchev–Trinajstić information content (AvgIpc) is 2.96. The number of carbonyl (C=O) groups is 1. The summed E-state index contributed by atoms with van der Waals surface area (Å²) in [5.74, 6) is -0.131. The summed E-state index contributed by atoms with van der Waals surface area (Å²) in [4.78, 5) is 11.8. The van der Waals surface area contributed by atoms with E-state index in [0.29, 0.717) is 13.0 Å². The monoisotopic (exact) mass is 260 g/mol. The van der Waals surface area contributed by atoms with Gasteiger partial charge in [0, 0.05) is 43.8 Å². The molecule has 2 aromatic rings. The highest BCUT2D eigenvalue weighted by Crippen LogP contribution is 2.28. The molecule has 0 N–H and O–H groups in total. The highest BCUT2D eigenvalue weighted by molar-refractivity contribution is 5.71. The molecule has 0 unspecified atom stereocenters. The Morgan fingerprint density at radius 3 is 2.05 bits per heavy atom. The fourth-order valence-corrected chi connectivity index (χ4v) is 2.42. The number of ether oxygens (including phenoxy) is 1. The molecule has 102 valence electrons. The van der Waals surface area contributed by atoms with Crippen LogP contribution in [0.15, 0.2) is 36.7 Å². The third-order valence-electron chi connectivity index (χ3n) is 3.36. The molecular formula is C15H20N2O2. The van der Waals surface area contributed by atoms with E-state index in [0.717, 1.165) is 11.4 Å². The lowest BCUT2D eigenvalue weighted by atomic mass is 9.97. The lowest BCUT2D eigenvalue weighted by Gasteiger charge is -2.18. The van der Waals surface area contributed by atoms with Crippen LogP contribution in [0.25, 0.3) is 0 Å². The molecule has 2 rings (SSSR count). The molecule has 19 heavy (non-hydrogen) atoms. The van der Waals surface area contributed by atoms with Gasteiger partial charge >= 0.3 is 5.97 Å². The summed E-state index contributed by atoms with van der Waals surface area (Å²) in [6.45, 7) is 2.25. The molecule has 4 heteroatoms. The number of carbonyl (C=O) groups excluding carboxylic acids is 1. The van der Waals surface area contributed by atoms with Crippen LogP contribution in [-0.4, -0.2) is 21.7 Å². The quantitative estimate of drug-likeness (QED) is 0.774. The summed E-state index contributed by atoms with van der Waals surface area (Å²) in [6, 6.07) is 8.10. The molecule has 2 heterocycles. The molecule has 0 spiro atoms. The molecule has 0 fully saturated rings. The van der Waals surface area contributed by atoms with E-state index in [-0.39, 0.29) is 11.9 Å². The number of nitrogens with zero attached hydrogens (tertiary/aromatic N) is 2. The average molecular weight is 260 g/mol. The van der Waals surface area contributed by atoms with Crippen LogP contribution < -0.4 is 0 Å². The minimum atomic E-state index is -0.158. The smallest absolute Gasteiger partial charge is 0.306 e. The standard InChI is InChI=1S/C15H20N2O2/c1-4-19-15(18)11-12(13-7-5-9-16(13)2)14-8-6-10-17(14)3/h5-10,12H,4,11H2,1-3H3. The molecular weight excluding hydrogens is 240 g/mol. The molecule has 0 aliphatic rings. The van der Waals surface area contributed by atoms with Gasteiger partial charge in [0.25, 0.3) is 0 Å². The Morgan fingerprint density at radius 1 is 1.16 bits per heavy atom. The van der Waals surface area contributed by atoms with Gasteiger partial charge in [-0.2, -0.15) is 0 Å². The van der Waals surface area contributed by atoms with Crippen LogP contribution in [0.4, 0.5) is 0 Å². The van der Waals surface area contributed by atoms with E-state index in [2.05, 4.69) is 21.3 Å². The van der Waals surface area contributed by atoms with Crippen molar-refractivity contribution < 1.29 is 9.53 Å². The number of aryl methyl sites for hydroxylation is 2. The number of hydrogen-bond donors (Lipinski definition) is 0. The lowest BCUT2D eigenvalue weighted by molar-refractivity contribution is -0.143. The molecule has 0 aliphatic heterocycles. The highest BCUT2D eigenvalue weighted by atomic mass is 16.5. The maximum Gasteiger partial charge on any atom is 0.306 e. The maximum absolute atomic E-state index is 11.8. The van der Waals surface area contributed by atoms with Crippen molar-refractivity contribution in [3.05, 3.63) is 48.0 Å². The van der Waals surface area contributed by atoms with Crippen molar-refractivity contribution in [1.29, 1.82) is 0 Å². The van der Waals surface area contributed by atoms with Crippen LogP contribution in [0.2, 0.25) is 0 Å². The van der Waals surface area contributed by atoms with Crippen molar-refractivity contribution in [3.63, 3.8) is 0 Å². The zero-order chi connectivity index (χ0) is 13.8. The predicted octanol–water partition coefficient (Wildman–Crippen LogP) is 2.45. The largest absolute Gasteiger partial charge is 0.466 e. The second-order valence-electron chi connectivity index (χ2n) is 4.65. The Morgan fingerprint density at radius 2 is 1.68 bits per heavy atom. The van der Waals surface area contributed by atoms with Gasteiger partial charge in [0.1, 0.15) is 0 Å². The van der Waals surface area contributed by atoms with Gasteiger partial charge in [-0.1, -0.05) is 0 Å². The van der Waals surface area contributed by atoms with E-state index < -0.39 is 0 Å². The Bertz CT molecular complexity index is 514. The predicted molar refractivity (Wildman–Crippen MR) is 73.9 cm³/mol. The number of esters is 1. The molecule has 0 aromatic carbocycles. The van der Waals surface area contributed by atoms with E-state index in [1.54, 1.807) is 0 Å². The summed E-state index contributed by atoms with van der Waals surface area (Å²) in [6.07, 6.45) is 4.36. The topological polar surface area (TPSA) is 36.2 Å². The highest BCUT2D eigenvalue weighted by Gasteiger charge is 2.22. The molecule has 2 aromatic heterocycles. The van der Waals surface area contributed by atoms with Gasteiger partial charge in [0.15, 0.2) is 0 Å². The summed E-state index contributed by atoms with van der Waals surface area (Å²) in [5, 5.41) is 0. The third kappa shape index (κ3) is 2.89. The minimum Gasteiger partial charge on any atom is -0.466 e. The molecule has 0 amide bonds. The first kappa shape index (κ1) is 13.5. The van der Waals surface area contributed by atoms with Crippen molar-refractivity contribution in [2.75, 3.05) is 6.61 Å². The second kappa shape index (κ2) is 5.78. The van der Waals surface area contributed by atoms with Crippen LogP contribution >= 0.6 is 0 Å². The summed E-state index contributed by atoms with van der Waals surface area (Å²) in [7, 11) is 3.99. The Kier molecular flexibility index (Phi) is 4.10. The Labute approximate surface area is 113 Å². The number of rotatable bonds is 5. The fraction of sp³-hybridized carbons (Fsp3) is 0.400. The van der Waals surface area contributed by atoms with Gasteiger partial charge in [0.2, 0.25) is 0 Å². The van der Waals surface area contributed by atoms with Crippen LogP contribution in [0.5, 0.6) is 0 Å². The normalized spacial score (nSPS) is 10.9. The minimum absolute atomic E-state index is 0.0269. The van der Waals surface area contributed by atoms with Crippen LogP contribution in [0.1, 0.15) is 30.7 Å². The van der Waals surface area contributed by atoms with Gasteiger partial charge in [-0.25, -0.2) is 0 Å². The van der Waals surface area contributed by atoms with Crippen LogP contribution in [0.3, 0.4) is 0 Å². The van der Waals surface area contributed by atoms with E-state index in [9.17, 15) is 4.79 Å². The van der Waals surface area contributed by atoms with Crippen molar-refractivity contribution in [1.82, 2.24) is 9.13 Å². The number of aromatic nitrogens is 2. The summed E-state index contributed by atoms with van der Waals surface area (Å²) < 4.78 is 9.20. The first-order chi connectivity index (χ1) is 9.13. The molecule has 0 atom stereocenters. The van der Waals surface area contributed by atoms with E-state index in [1.165, 1.54) is 0 Å². The third-order valence-corrected chi connectivity index (χ3v) is 3.36.